The fraction of sp³-hybridized carbons (Fsp3) is 0.429. The first kappa shape index (κ1) is 12.3. The van der Waals surface area contributed by atoms with E-state index in [2.05, 4.69) is 11.4 Å². The fourth-order valence-electron chi connectivity index (χ4n) is 2.32. The number of fused-ring (bicyclic) bond motifs is 1. The molecule has 0 saturated heterocycles. The van der Waals surface area contributed by atoms with Gasteiger partial charge >= 0.3 is 0 Å². The maximum absolute atomic E-state index is 5.45. The molecule has 0 aliphatic carbocycles. The molecule has 0 fully saturated rings. The van der Waals surface area contributed by atoms with E-state index in [1.807, 2.05) is 42.3 Å². The Hall–Kier alpha value is -0.710. The van der Waals surface area contributed by atoms with Gasteiger partial charge in [-0.3, -0.25) is 0 Å². The van der Waals surface area contributed by atoms with Crippen molar-refractivity contribution < 1.29 is 4.42 Å². The number of hydrogen-bond acceptors (Lipinski definition) is 4. The van der Waals surface area contributed by atoms with Crippen LogP contribution < -0.4 is 5.32 Å². The van der Waals surface area contributed by atoms with Crippen LogP contribution in [0, 0.1) is 0 Å². The Morgan fingerprint density at radius 3 is 3.17 bits per heavy atom. The molecule has 18 heavy (non-hydrogen) atoms. The number of aryl methyl sites for hydroxylation is 1. The molecule has 3 heterocycles. The van der Waals surface area contributed by atoms with E-state index in [0.717, 1.165) is 12.2 Å². The highest BCUT2D eigenvalue weighted by molar-refractivity contribution is 7.98. The zero-order valence-corrected chi connectivity index (χ0v) is 12.1. The van der Waals surface area contributed by atoms with Crippen LogP contribution in [-0.4, -0.2) is 12.8 Å². The minimum absolute atomic E-state index is 0.372. The standard InChI is InChI=1S/C14H17NOS2/c1-15-12(8-11-3-2-5-16-11)14-7-10-9-17-6-4-13(10)18-14/h2-3,5,7,12,15H,4,6,8-9H2,1H3. The van der Waals surface area contributed by atoms with E-state index in [9.17, 15) is 0 Å². The van der Waals surface area contributed by atoms with Crippen LogP contribution in [-0.2, 0) is 18.6 Å². The lowest BCUT2D eigenvalue weighted by atomic mass is 10.1. The molecule has 0 radical (unpaired) electrons. The second-order valence-corrected chi connectivity index (χ2v) is 6.80. The lowest BCUT2D eigenvalue weighted by molar-refractivity contribution is 0.468. The molecule has 0 spiro atoms. The van der Waals surface area contributed by atoms with E-state index in [4.69, 9.17) is 4.42 Å². The zero-order valence-electron chi connectivity index (χ0n) is 10.4. The Labute approximate surface area is 116 Å². The topological polar surface area (TPSA) is 25.2 Å². The van der Waals surface area contributed by atoms with Crippen LogP contribution in [0.5, 0.6) is 0 Å². The molecule has 2 nitrogen and oxygen atoms in total. The number of likely N-dealkylation sites (N-methyl/N-ethyl adjacent to an activating group) is 1. The van der Waals surface area contributed by atoms with Crippen LogP contribution in [0.4, 0.5) is 0 Å². The second kappa shape index (κ2) is 5.51. The van der Waals surface area contributed by atoms with Crippen molar-refractivity contribution in [3.63, 3.8) is 0 Å². The highest BCUT2D eigenvalue weighted by Gasteiger charge is 2.19. The quantitative estimate of drug-likeness (QED) is 0.925. The van der Waals surface area contributed by atoms with Crippen molar-refractivity contribution in [1.29, 1.82) is 0 Å². The van der Waals surface area contributed by atoms with E-state index < -0.39 is 0 Å². The summed E-state index contributed by atoms with van der Waals surface area (Å²) in [6, 6.07) is 6.76. The average molecular weight is 279 g/mol. The van der Waals surface area contributed by atoms with E-state index >= 15 is 0 Å². The highest BCUT2D eigenvalue weighted by Crippen LogP contribution is 2.35. The maximum Gasteiger partial charge on any atom is 0.105 e. The first-order valence-corrected chi connectivity index (χ1v) is 8.23. The predicted molar refractivity (Wildman–Crippen MR) is 78.4 cm³/mol. The number of thioether (sulfide) groups is 1. The van der Waals surface area contributed by atoms with Gasteiger partial charge in [-0.25, -0.2) is 0 Å². The van der Waals surface area contributed by atoms with Gasteiger partial charge in [-0.2, -0.15) is 11.8 Å². The summed E-state index contributed by atoms with van der Waals surface area (Å²) >= 11 is 4.02. The molecule has 96 valence electrons. The van der Waals surface area contributed by atoms with Crippen LogP contribution in [0.15, 0.2) is 28.9 Å². The Balaban J connectivity index is 1.80. The minimum atomic E-state index is 0.372. The predicted octanol–water partition coefficient (Wildman–Crippen LogP) is 3.63. The normalized spacial score (nSPS) is 16.5. The van der Waals surface area contributed by atoms with Gasteiger partial charge in [-0.15, -0.1) is 11.3 Å². The van der Waals surface area contributed by atoms with E-state index in [0.29, 0.717) is 6.04 Å². The van der Waals surface area contributed by atoms with Gasteiger partial charge < -0.3 is 9.73 Å². The summed E-state index contributed by atoms with van der Waals surface area (Å²) in [4.78, 5) is 3.03. The Morgan fingerprint density at radius 1 is 1.50 bits per heavy atom. The lowest BCUT2D eigenvalue weighted by Gasteiger charge is -2.12. The largest absolute Gasteiger partial charge is 0.469 e. The first-order chi connectivity index (χ1) is 8.86. The van der Waals surface area contributed by atoms with Gasteiger partial charge in [-0.05, 0) is 43.0 Å². The molecule has 0 saturated carbocycles. The number of thiophene rings is 1. The van der Waals surface area contributed by atoms with Crippen molar-refractivity contribution >= 4 is 23.1 Å². The van der Waals surface area contributed by atoms with Crippen molar-refractivity contribution in [1.82, 2.24) is 5.32 Å². The highest BCUT2D eigenvalue weighted by atomic mass is 32.2. The Bertz CT molecular complexity index is 480. The van der Waals surface area contributed by atoms with Crippen LogP contribution in [0.25, 0.3) is 0 Å². The molecule has 1 aliphatic heterocycles. The molecule has 2 aromatic rings. The first-order valence-electron chi connectivity index (χ1n) is 6.25. The van der Waals surface area contributed by atoms with Gasteiger partial charge in [0, 0.05) is 28.0 Å². The molecule has 1 aliphatic rings. The monoisotopic (exact) mass is 279 g/mol. The van der Waals surface area contributed by atoms with Crippen LogP contribution in [0.2, 0.25) is 0 Å². The van der Waals surface area contributed by atoms with E-state index in [1.54, 1.807) is 16.7 Å². The van der Waals surface area contributed by atoms with Gasteiger partial charge in [0.2, 0.25) is 0 Å². The van der Waals surface area contributed by atoms with Crippen molar-refractivity contribution in [3.05, 3.63) is 45.5 Å². The molecular weight excluding hydrogens is 262 g/mol. The number of nitrogens with one attached hydrogen (secondary N) is 1. The fourth-order valence-corrected chi connectivity index (χ4v) is 4.80. The smallest absolute Gasteiger partial charge is 0.105 e. The molecule has 2 aromatic heterocycles. The summed E-state index contributed by atoms with van der Waals surface area (Å²) in [6.45, 7) is 0. The zero-order chi connectivity index (χ0) is 12.4. The van der Waals surface area contributed by atoms with E-state index in [1.165, 1.54) is 22.8 Å². The third kappa shape index (κ3) is 2.51. The third-order valence-electron chi connectivity index (χ3n) is 3.32. The molecule has 0 bridgehead atoms. The lowest BCUT2D eigenvalue weighted by Crippen LogP contribution is -2.17. The van der Waals surface area contributed by atoms with Gasteiger partial charge in [0.05, 0.1) is 6.26 Å². The summed E-state index contributed by atoms with van der Waals surface area (Å²) in [6.07, 6.45) is 3.91. The van der Waals surface area contributed by atoms with Crippen molar-refractivity contribution in [3.8, 4) is 0 Å². The van der Waals surface area contributed by atoms with Crippen LogP contribution in [0.1, 0.15) is 27.1 Å². The third-order valence-corrected chi connectivity index (χ3v) is 5.68. The summed E-state index contributed by atoms with van der Waals surface area (Å²) in [7, 11) is 2.03. The van der Waals surface area contributed by atoms with Gasteiger partial charge in [0.1, 0.15) is 5.76 Å². The number of hydrogen-bond donors (Lipinski definition) is 1. The van der Waals surface area contributed by atoms with Crippen LogP contribution >= 0.6 is 23.1 Å². The van der Waals surface area contributed by atoms with Gasteiger partial charge in [0.15, 0.2) is 0 Å². The van der Waals surface area contributed by atoms with Gasteiger partial charge in [0.25, 0.3) is 0 Å². The average Bonchev–Trinajstić information content (AvgIpc) is 3.04. The van der Waals surface area contributed by atoms with Crippen molar-refractivity contribution in [2.45, 2.75) is 24.6 Å². The van der Waals surface area contributed by atoms with Crippen molar-refractivity contribution in [2.24, 2.45) is 0 Å². The molecule has 0 aromatic carbocycles. The summed E-state index contributed by atoms with van der Waals surface area (Å²) in [5.74, 6) is 3.51. The van der Waals surface area contributed by atoms with Crippen molar-refractivity contribution in [2.75, 3.05) is 12.8 Å². The van der Waals surface area contributed by atoms with Crippen LogP contribution in [0.3, 0.4) is 0 Å². The summed E-state index contributed by atoms with van der Waals surface area (Å²) in [5, 5.41) is 3.41. The SMILES string of the molecule is CNC(Cc1ccco1)c1cc2c(s1)CCSC2. The molecule has 1 N–H and O–H groups in total. The summed E-state index contributed by atoms with van der Waals surface area (Å²) in [5.41, 5.74) is 1.55. The molecule has 3 rings (SSSR count). The second-order valence-electron chi connectivity index (χ2n) is 4.52. The van der Waals surface area contributed by atoms with E-state index in [-0.39, 0.29) is 0 Å². The number of furan rings is 1. The number of rotatable bonds is 4. The van der Waals surface area contributed by atoms with Gasteiger partial charge in [-0.1, -0.05) is 0 Å². The molecule has 0 amide bonds. The Kier molecular flexibility index (Phi) is 3.77. The molecule has 1 unspecified atom stereocenters. The Morgan fingerprint density at radius 2 is 2.44 bits per heavy atom. The molecule has 4 heteroatoms. The summed E-state index contributed by atoms with van der Waals surface area (Å²) < 4.78 is 5.45. The molecular formula is C14H17NOS2. The molecule has 1 atom stereocenters. The maximum atomic E-state index is 5.45. The minimum Gasteiger partial charge on any atom is -0.469 e.